The van der Waals surface area contributed by atoms with Gasteiger partial charge in [0, 0.05) is 24.5 Å². The molecule has 0 aliphatic carbocycles. The molecule has 4 nitrogen and oxygen atoms in total. The van der Waals surface area contributed by atoms with E-state index in [9.17, 15) is 9.59 Å². The largest absolute Gasteiger partial charge is 0.350 e. The number of benzene rings is 1. The fourth-order valence-corrected chi connectivity index (χ4v) is 3.28. The highest BCUT2D eigenvalue weighted by Gasteiger charge is 2.27. The predicted molar refractivity (Wildman–Crippen MR) is 117 cm³/mol. The summed E-state index contributed by atoms with van der Waals surface area (Å²) in [6, 6.07) is 6.91. The number of halogens is 1. The standard InChI is InChI=1S/C23H33ClN2O2/c1-7-21(23(28)25-15-18-11-9-10-12-20(18)24)26(8-2)22(27)14-19(17(5)6)13-16(3)4/h9-13,17,21H,3,7-8,14-15H2,1-2,4-6H3,(H,25,28). The lowest BCUT2D eigenvalue weighted by Gasteiger charge is -2.30. The van der Waals surface area contributed by atoms with E-state index in [1.165, 1.54) is 0 Å². The second-order valence-electron chi connectivity index (χ2n) is 7.31. The zero-order valence-corrected chi connectivity index (χ0v) is 18.5. The highest BCUT2D eigenvalue weighted by atomic mass is 35.5. The lowest BCUT2D eigenvalue weighted by Crippen LogP contribution is -2.49. The minimum atomic E-state index is -0.502. The van der Waals surface area contributed by atoms with Gasteiger partial charge in [-0.3, -0.25) is 9.59 Å². The molecule has 154 valence electrons. The summed E-state index contributed by atoms with van der Waals surface area (Å²) >= 11 is 6.16. The Hall–Kier alpha value is -2.07. The molecular weight excluding hydrogens is 372 g/mol. The maximum atomic E-state index is 13.0. The molecule has 0 saturated heterocycles. The molecule has 1 unspecified atom stereocenters. The summed E-state index contributed by atoms with van der Waals surface area (Å²) in [7, 11) is 0. The average molecular weight is 405 g/mol. The minimum absolute atomic E-state index is 0.0385. The molecule has 28 heavy (non-hydrogen) atoms. The summed E-state index contributed by atoms with van der Waals surface area (Å²) in [4.78, 5) is 27.4. The first-order chi connectivity index (χ1) is 13.2. The molecule has 0 bridgehead atoms. The smallest absolute Gasteiger partial charge is 0.243 e. The quantitative estimate of drug-likeness (QED) is 0.549. The van der Waals surface area contributed by atoms with Gasteiger partial charge < -0.3 is 10.2 Å². The molecule has 0 aliphatic rings. The van der Waals surface area contributed by atoms with E-state index >= 15 is 0 Å². The summed E-state index contributed by atoms with van der Waals surface area (Å²) in [6.07, 6.45) is 2.82. The van der Waals surface area contributed by atoms with Crippen LogP contribution in [0.4, 0.5) is 0 Å². The molecule has 5 heteroatoms. The summed E-state index contributed by atoms with van der Waals surface area (Å²) in [6.45, 7) is 14.6. The van der Waals surface area contributed by atoms with E-state index in [-0.39, 0.29) is 17.7 Å². The third-order valence-corrected chi connectivity index (χ3v) is 5.03. The number of likely N-dealkylation sites (N-methyl/N-ethyl adjacent to an activating group) is 1. The van der Waals surface area contributed by atoms with Crippen LogP contribution in [0.5, 0.6) is 0 Å². The Morgan fingerprint density at radius 3 is 2.39 bits per heavy atom. The fraction of sp³-hybridized carbons (Fsp3) is 0.478. The Morgan fingerprint density at radius 1 is 1.25 bits per heavy atom. The van der Waals surface area contributed by atoms with Gasteiger partial charge >= 0.3 is 0 Å². The van der Waals surface area contributed by atoms with Gasteiger partial charge in [0.1, 0.15) is 6.04 Å². The van der Waals surface area contributed by atoms with Crippen LogP contribution in [-0.2, 0) is 16.1 Å². The Bertz CT molecular complexity index is 725. The van der Waals surface area contributed by atoms with Crippen molar-refractivity contribution in [2.75, 3.05) is 6.54 Å². The maximum Gasteiger partial charge on any atom is 0.243 e. The fourth-order valence-electron chi connectivity index (χ4n) is 3.07. The van der Waals surface area contributed by atoms with Gasteiger partial charge in [-0.1, -0.05) is 74.4 Å². The summed E-state index contributed by atoms with van der Waals surface area (Å²) < 4.78 is 0. The zero-order valence-electron chi connectivity index (χ0n) is 17.7. The summed E-state index contributed by atoms with van der Waals surface area (Å²) in [5.41, 5.74) is 2.81. The van der Waals surface area contributed by atoms with Crippen molar-refractivity contribution < 1.29 is 9.59 Å². The van der Waals surface area contributed by atoms with Crippen LogP contribution < -0.4 is 5.32 Å². The SMILES string of the molecule is C=C(C)C=C(CC(=O)N(CC)C(CC)C(=O)NCc1ccccc1Cl)C(C)C. The third kappa shape index (κ3) is 7.16. The van der Waals surface area contributed by atoms with E-state index < -0.39 is 6.04 Å². The van der Waals surface area contributed by atoms with Gasteiger partial charge in [-0.2, -0.15) is 0 Å². The highest BCUT2D eigenvalue weighted by Crippen LogP contribution is 2.19. The van der Waals surface area contributed by atoms with Crippen molar-refractivity contribution >= 4 is 23.4 Å². The first-order valence-electron chi connectivity index (χ1n) is 9.87. The molecule has 0 fully saturated rings. The van der Waals surface area contributed by atoms with E-state index in [1.807, 2.05) is 45.0 Å². The van der Waals surface area contributed by atoms with Gasteiger partial charge in [0.15, 0.2) is 0 Å². The van der Waals surface area contributed by atoms with E-state index in [4.69, 9.17) is 11.6 Å². The van der Waals surface area contributed by atoms with Gasteiger partial charge in [0.2, 0.25) is 11.8 Å². The number of rotatable bonds is 10. The maximum absolute atomic E-state index is 13.0. The minimum Gasteiger partial charge on any atom is -0.350 e. The molecule has 0 spiro atoms. The third-order valence-electron chi connectivity index (χ3n) is 4.67. The first kappa shape index (κ1) is 24.0. The number of amides is 2. The molecular formula is C23H33ClN2O2. The van der Waals surface area contributed by atoms with Gasteiger partial charge in [-0.25, -0.2) is 0 Å². The van der Waals surface area contributed by atoms with Crippen LogP contribution in [0.2, 0.25) is 5.02 Å². The number of hydrogen-bond donors (Lipinski definition) is 1. The van der Waals surface area contributed by atoms with Crippen LogP contribution in [0, 0.1) is 5.92 Å². The molecule has 0 heterocycles. The second-order valence-corrected chi connectivity index (χ2v) is 7.72. The Labute approximate surface area is 174 Å². The average Bonchev–Trinajstić information content (AvgIpc) is 2.63. The van der Waals surface area contributed by atoms with Crippen molar-refractivity contribution in [3.63, 3.8) is 0 Å². The van der Waals surface area contributed by atoms with E-state index in [1.54, 1.807) is 11.0 Å². The van der Waals surface area contributed by atoms with E-state index in [0.29, 0.717) is 31.0 Å². The van der Waals surface area contributed by atoms with E-state index in [2.05, 4.69) is 25.7 Å². The van der Waals surface area contributed by atoms with Crippen molar-refractivity contribution in [1.29, 1.82) is 0 Å². The van der Waals surface area contributed by atoms with Crippen molar-refractivity contribution in [1.82, 2.24) is 10.2 Å². The summed E-state index contributed by atoms with van der Waals surface area (Å²) in [5, 5.41) is 3.54. The molecule has 1 aromatic rings. The van der Waals surface area contributed by atoms with Gasteiger partial charge in [0.25, 0.3) is 0 Å². The Balaban J connectivity index is 2.87. The lowest BCUT2D eigenvalue weighted by molar-refractivity contribution is -0.140. The molecule has 0 saturated carbocycles. The van der Waals surface area contributed by atoms with Crippen molar-refractivity contribution in [3.8, 4) is 0 Å². The number of carbonyl (C=O) groups excluding carboxylic acids is 2. The van der Waals surface area contributed by atoms with Crippen LogP contribution in [0.25, 0.3) is 0 Å². The van der Waals surface area contributed by atoms with Gasteiger partial charge in [-0.15, -0.1) is 0 Å². The number of allylic oxidation sites excluding steroid dienone is 2. The molecule has 1 aromatic carbocycles. The highest BCUT2D eigenvalue weighted by molar-refractivity contribution is 6.31. The van der Waals surface area contributed by atoms with Crippen LogP contribution in [0.3, 0.4) is 0 Å². The van der Waals surface area contributed by atoms with Crippen LogP contribution in [-0.4, -0.2) is 29.3 Å². The van der Waals surface area contributed by atoms with Crippen LogP contribution in [0.1, 0.15) is 53.0 Å². The Morgan fingerprint density at radius 2 is 1.89 bits per heavy atom. The summed E-state index contributed by atoms with van der Waals surface area (Å²) in [5.74, 6) is 0.0459. The molecule has 2 amide bonds. The molecule has 0 aromatic heterocycles. The van der Waals surface area contributed by atoms with Crippen LogP contribution in [0.15, 0.2) is 48.1 Å². The molecule has 1 atom stereocenters. The van der Waals surface area contributed by atoms with Crippen molar-refractivity contribution in [2.45, 2.75) is 60.0 Å². The van der Waals surface area contributed by atoms with Crippen LogP contribution >= 0.6 is 11.6 Å². The number of carbonyl (C=O) groups is 2. The monoisotopic (exact) mass is 404 g/mol. The molecule has 1 rings (SSSR count). The number of nitrogens with zero attached hydrogens (tertiary/aromatic N) is 1. The zero-order chi connectivity index (χ0) is 21.3. The van der Waals surface area contributed by atoms with Crippen molar-refractivity contribution in [3.05, 3.63) is 58.7 Å². The topological polar surface area (TPSA) is 49.4 Å². The Kier molecular flexibility index (Phi) is 10.0. The molecule has 1 N–H and O–H groups in total. The molecule has 0 aliphatic heterocycles. The van der Waals surface area contributed by atoms with Gasteiger partial charge in [0.05, 0.1) is 0 Å². The van der Waals surface area contributed by atoms with Gasteiger partial charge in [-0.05, 0) is 37.8 Å². The van der Waals surface area contributed by atoms with E-state index in [0.717, 1.165) is 16.7 Å². The number of hydrogen-bond acceptors (Lipinski definition) is 2. The lowest BCUT2D eigenvalue weighted by atomic mass is 9.96. The number of nitrogens with one attached hydrogen (secondary N) is 1. The molecule has 0 radical (unpaired) electrons. The predicted octanol–water partition coefficient (Wildman–Crippen LogP) is 5.13. The second kappa shape index (κ2) is 11.7. The van der Waals surface area contributed by atoms with Crippen molar-refractivity contribution in [2.24, 2.45) is 5.92 Å². The first-order valence-corrected chi connectivity index (χ1v) is 10.3. The normalized spacial score (nSPS) is 12.6.